The summed E-state index contributed by atoms with van der Waals surface area (Å²) < 4.78 is 28.5. The van der Waals surface area contributed by atoms with Gasteiger partial charge in [0.1, 0.15) is 24.1 Å². The van der Waals surface area contributed by atoms with Crippen molar-refractivity contribution in [3.05, 3.63) is 64.5 Å². The van der Waals surface area contributed by atoms with Crippen LogP contribution in [0.5, 0.6) is 0 Å². The first-order chi connectivity index (χ1) is 10.1. The van der Waals surface area contributed by atoms with E-state index in [4.69, 9.17) is 4.84 Å². The predicted molar refractivity (Wildman–Crippen MR) is 73.9 cm³/mol. The third kappa shape index (κ3) is 2.05. The summed E-state index contributed by atoms with van der Waals surface area (Å²) in [5, 5.41) is -0.195. The Bertz CT molecular complexity index is 890. The van der Waals surface area contributed by atoms with Crippen molar-refractivity contribution >= 4 is 10.9 Å². The standard InChI is InChI=1S/C15H10F2N2O2/c1-21-19-14(9-5-2-3-6-10(9)16)18-12-8-4-7-11(17)13(12)15(19)20/h2-8H,1H3. The minimum atomic E-state index is -0.723. The maximum absolute atomic E-state index is 13.9. The van der Waals surface area contributed by atoms with Gasteiger partial charge in [-0.15, -0.1) is 4.73 Å². The van der Waals surface area contributed by atoms with Crippen LogP contribution in [0.4, 0.5) is 8.78 Å². The van der Waals surface area contributed by atoms with Crippen LogP contribution in [0.15, 0.2) is 47.3 Å². The Morgan fingerprint density at radius 3 is 2.48 bits per heavy atom. The van der Waals surface area contributed by atoms with Crippen LogP contribution in [0.25, 0.3) is 22.3 Å². The summed E-state index contributed by atoms with van der Waals surface area (Å²) >= 11 is 0. The Morgan fingerprint density at radius 1 is 1.05 bits per heavy atom. The van der Waals surface area contributed by atoms with E-state index in [9.17, 15) is 13.6 Å². The number of fused-ring (bicyclic) bond motifs is 1. The molecule has 0 aliphatic rings. The zero-order valence-corrected chi connectivity index (χ0v) is 11.0. The smallest absolute Gasteiger partial charge is 0.297 e. The molecule has 106 valence electrons. The Morgan fingerprint density at radius 2 is 1.76 bits per heavy atom. The minimum Gasteiger partial charge on any atom is -0.412 e. The third-order valence-electron chi connectivity index (χ3n) is 3.11. The molecule has 1 aromatic heterocycles. The summed E-state index contributed by atoms with van der Waals surface area (Å²) in [5.41, 5.74) is -0.479. The second-order valence-electron chi connectivity index (χ2n) is 4.33. The number of hydrogen-bond acceptors (Lipinski definition) is 3. The first-order valence-electron chi connectivity index (χ1n) is 6.14. The molecule has 0 atom stereocenters. The van der Waals surface area contributed by atoms with Crippen LogP contribution in [0.3, 0.4) is 0 Å². The van der Waals surface area contributed by atoms with Crippen molar-refractivity contribution in [3.8, 4) is 11.4 Å². The van der Waals surface area contributed by atoms with Crippen molar-refractivity contribution in [1.29, 1.82) is 0 Å². The van der Waals surface area contributed by atoms with Gasteiger partial charge < -0.3 is 4.84 Å². The van der Waals surface area contributed by atoms with E-state index in [0.717, 1.165) is 10.8 Å². The fourth-order valence-corrected chi connectivity index (χ4v) is 2.16. The van der Waals surface area contributed by atoms with Crippen LogP contribution in [-0.4, -0.2) is 16.8 Å². The molecular weight excluding hydrogens is 278 g/mol. The van der Waals surface area contributed by atoms with E-state index in [0.29, 0.717) is 0 Å². The zero-order valence-electron chi connectivity index (χ0n) is 11.0. The van der Waals surface area contributed by atoms with Crippen molar-refractivity contribution in [2.24, 2.45) is 0 Å². The second-order valence-corrected chi connectivity index (χ2v) is 4.33. The van der Waals surface area contributed by atoms with Gasteiger partial charge >= 0.3 is 0 Å². The molecule has 0 amide bonds. The summed E-state index contributed by atoms with van der Waals surface area (Å²) in [4.78, 5) is 21.4. The molecule has 0 radical (unpaired) electrons. The lowest BCUT2D eigenvalue weighted by molar-refractivity contribution is 0.160. The lowest BCUT2D eigenvalue weighted by Crippen LogP contribution is -2.28. The molecule has 21 heavy (non-hydrogen) atoms. The molecule has 0 saturated heterocycles. The van der Waals surface area contributed by atoms with Crippen molar-refractivity contribution in [3.63, 3.8) is 0 Å². The quantitative estimate of drug-likeness (QED) is 0.727. The number of hydrogen-bond donors (Lipinski definition) is 0. The fraction of sp³-hybridized carbons (Fsp3) is 0.0667. The molecule has 6 heteroatoms. The van der Waals surface area contributed by atoms with Crippen LogP contribution >= 0.6 is 0 Å². The van der Waals surface area contributed by atoms with Gasteiger partial charge in [-0.25, -0.2) is 13.8 Å². The van der Waals surface area contributed by atoms with E-state index in [1.165, 1.54) is 37.4 Å². The molecule has 0 fully saturated rings. The van der Waals surface area contributed by atoms with Gasteiger partial charge in [0, 0.05) is 0 Å². The fourth-order valence-electron chi connectivity index (χ4n) is 2.16. The van der Waals surface area contributed by atoms with Gasteiger partial charge in [0.05, 0.1) is 11.1 Å². The van der Waals surface area contributed by atoms with E-state index in [1.807, 2.05) is 0 Å². The highest BCUT2D eigenvalue weighted by Crippen LogP contribution is 2.21. The molecule has 3 aromatic rings. The minimum absolute atomic E-state index is 0.0151. The van der Waals surface area contributed by atoms with Crippen molar-refractivity contribution < 1.29 is 13.6 Å². The highest BCUT2D eigenvalue weighted by atomic mass is 19.1. The van der Waals surface area contributed by atoms with E-state index in [2.05, 4.69) is 4.98 Å². The van der Waals surface area contributed by atoms with E-state index in [-0.39, 0.29) is 22.3 Å². The zero-order chi connectivity index (χ0) is 15.0. The lowest BCUT2D eigenvalue weighted by atomic mass is 10.1. The molecular formula is C15H10F2N2O2. The average molecular weight is 288 g/mol. The van der Waals surface area contributed by atoms with E-state index < -0.39 is 17.2 Å². The van der Waals surface area contributed by atoms with Gasteiger partial charge in [-0.1, -0.05) is 18.2 Å². The molecule has 1 heterocycles. The predicted octanol–water partition coefficient (Wildman–Crippen LogP) is 2.40. The molecule has 0 bridgehead atoms. The van der Waals surface area contributed by atoms with Crippen molar-refractivity contribution in [2.45, 2.75) is 0 Å². The van der Waals surface area contributed by atoms with Gasteiger partial charge in [-0.3, -0.25) is 4.79 Å². The molecule has 0 aliphatic carbocycles. The SMILES string of the molecule is COn1c(-c2ccccc2F)nc2cccc(F)c2c1=O. The summed E-state index contributed by atoms with van der Waals surface area (Å²) in [6.07, 6.45) is 0. The molecule has 3 rings (SSSR count). The van der Waals surface area contributed by atoms with Gasteiger partial charge in [0.15, 0.2) is 5.82 Å². The average Bonchev–Trinajstić information content (AvgIpc) is 2.47. The Kier molecular flexibility index (Phi) is 3.13. The van der Waals surface area contributed by atoms with Crippen LogP contribution < -0.4 is 10.4 Å². The Labute approximate surface area is 118 Å². The van der Waals surface area contributed by atoms with Crippen LogP contribution in [0, 0.1) is 11.6 Å². The molecule has 4 nitrogen and oxygen atoms in total. The Balaban J connectivity index is 2.45. The number of nitrogens with zero attached hydrogens (tertiary/aromatic N) is 2. The summed E-state index contributed by atoms with van der Waals surface area (Å²) in [6, 6.07) is 9.94. The maximum Gasteiger partial charge on any atom is 0.297 e. The molecule has 0 aliphatic heterocycles. The second kappa shape index (κ2) is 4.97. The van der Waals surface area contributed by atoms with Crippen LogP contribution in [0.2, 0.25) is 0 Å². The summed E-state index contributed by atoms with van der Waals surface area (Å²) in [6.45, 7) is 0. The third-order valence-corrected chi connectivity index (χ3v) is 3.11. The summed E-state index contributed by atoms with van der Waals surface area (Å²) in [5.74, 6) is -1.26. The number of halogens is 2. The van der Waals surface area contributed by atoms with Gasteiger partial charge in [-0.05, 0) is 24.3 Å². The van der Waals surface area contributed by atoms with Crippen LogP contribution in [0.1, 0.15) is 0 Å². The van der Waals surface area contributed by atoms with Crippen LogP contribution in [-0.2, 0) is 0 Å². The Hall–Kier alpha value is -2.76. The molecule has 0 saturated carbocycles. The molecule has 0 spiro atoms. The van der Waals surface area contributed by atoms with Gasteiger partial charge in [0.25, 0.3) is 5.56 Å². The molecule has 0 N–H and O–H groups in total. The topological polar surface area (TPSA) is 44.1 Å². The normalized spacial score (nSPS) is 10.8. The number of benzene rings is 2. The monoisotopic (exact) mass is 288 g/mol. The van der Waals surface area contributed by atoms with Crippen molar-refractivity contribution in [1.82, 2.24) is 9.71 Å². The summed E-state index contributed by atoms with van der Waals surface area (Å²) in [7, 11) is 1.24. The number of rotatable bonds is 2. The largest absolute Gasteiger partial charge is 0.412 e. The first-order valence-corrected chi connectivity index (χ1v) is 6.14. The molecule has 0 unspecified atom stereocenters. The maximum atomic E-state index is 13.9. The van der Waals surface area contributed by atoms with Gasteiger partial charge in [0.2, 0.25) is 0 Å². The molecule has 2 aromatic carbocycles. The highest BCUT2D eigenvalue weighted by Gasteiger charge is 2.17. The van der Waals surface area contributed by atoms with Gasteiger partial charge in [-0.2, -0.15) is 0 Å². The lowest BCUT2D eigenvalue weighted by Gasteiger charge is -2.12. The first kappa shape index (κ1) is 13.2. The highest BCUT2D eigenvalue weighted by molar-refractivity contribution is 5.80. The number of aromatic nitrogens is 2. The van der Waals surface area contributed by atoms with Crippen molar-refractivity contribution in [2.75, 3.05) is 7.11 Å². The van der Waals surface area contributed by atoms with E-state index >= 15 is 0 Å². The van der Waals surface area contributed by atoms with E-state index in [1.54, 1.807) is 6.07 Å².